The van der Waals surface area contributed by atoms with Gasteiger partial charge in [0.15, 0.2) is 6.29 Å². The molecule has 0 saturated carbocycles. The number of aryl methyl sites for hydroxylation is 1. The van der Waals surface area contributed by atoms with Crippen molar-refractivity contribution in [2.24, 2.45) is 11.8 Å². The molecule has 1 fully saturated rings. The number of benzene rings is 3. The van der Waals surface area contributed by atoms with E-state index in [1.54, 1.807) is 14.2 Å². The summed E-state index contributed by atoms with van der Waals surface area (Å²) < 4.78 is 11.9. The number of nitrogens with zero attached hydrogens (tertiary/aromatic N) is 1. The Balaban J connectivity index is 1.68. The van der Waals surface area contributed by atoms with Gasteiger partial charge < -0.3 is 9.47 Å². The third-order valence-electron chi connectivity index (χ3n) is 8.30. The number of rotatable bonds is 4. The molecule has 3 aliphatic carbocycles. The zero-order valence-electron chi connectivity index (χ0n) is 19.7. The summed E-state index contributed by atoms with van der Waals surface area (Å²) in [4.78, 5) is 30.0. The Morgan fingerprint density at radius 2 is 1.38 bits per heavy atom. The highest BCUT2D eigenvalue weighted by molar-refractivity contribution is 6.24. The number of ether oxygens (including phenoxy) is 2. The number of carbonyl (C=O) groups excluding carboxylic acids is 2. The van der Waals surface area contributed by atoms with Crippen molar-refractivity contribution in [3.05, 3.63) is 100 Å². The number of carbonyl (C=O) groups is 2. The minimum absolute atomic E-state index is 0.145. The van der Waals surface area contributed by atoms with Gasteiger partial charge in [-0.05, 0) is 53.3 Å². The maximum atomic E-state index is 14.4. The molecule has 0 radical (unpaired) electrons. The first-order valence-corrected chi connectivity index (χ1v) is 11.7. The van der Waals surface area contributed by atoms with Crippen LogP contribution in [0.1, 0.15) is 39.3 Å². The highest BCUT2D eigenvalue weighted by Crippen LogP contribution is 2.65. The molecule has 34 heavy (non-hydrogen) atoms. The van der Waals surface area contributed by atoms with E-state index >= 15 is 0 Å². The Morgan fingerprint density at radius 3 is 1.97 bits per heavy atom. The SMILES string of the molecule is COC(OC)C12c3ccccc3C(c3ccccc31)[C@@H]1C(=O)N(c3cccc(C)c3C)C(=O)[C@H]12. The van der Waals surface area contributed by atoms with Crippen molar-refractivity contribution in [1.82, 2.24) is 0 Å². The van der Waals surface area contributed by atoms with Crippen molar-refractivity contribution in [1.29, 1.82) is 0 Å². The zero-order chi connectivity index (χ0) is 23.8. The fourth-order valence-electron chi connectivity index (χ4n) is 6.91. The maximum Gasteiger partial charge on any atom is 0.239 e. The van der Waals surface area contributed by atoms with E-state index in [0.717, 1.165) is 33.4 Å². The van der Waals surface area contributed by atoms with Crippen LogP contribution in [0.25, 0.3) is 0 Å². The largest absolute Gasteiger partial charge is 0.355 e. The molecule has 5 nitrogen and oxygen atoms in total. The topological polar surface area (TPSA) is 55.8 Å². The zero-order valence-corrected chi connectivity index (χ0v) is 19.7. The second-order valence-corrected chi connectivity index (χ2v) is 9.56. The third kappa shape index (κ3) is 2.36. The van der Waals surface area contributed by atoms with Crippen LogP contribution in [0.5, 0.6) is 0 Å². The number of imide groups is 1. The van der Waals surface area contributed by atoms with Crippen LogP contribution in [0, 0.1) is 25.7 Å². The normalized spacial score (nSPS) is 26.6. The molecule has 4 aliphatic rings. The number of hydrogen-bond acceptors (Lipinski definition) is 4. The quantitative estimate of drug-likeness (QED) is 0.432. The molecular formula is C29H27NO4. The molecule has 1 heterocycles. The van der Waals surface area contributed by atoms with Gasteiger partial charge >= 0.3 is 0 Å². The molecule has 0 N–H and O–H groups in total. The van der Waals surface area contributed by atoms with E-state index < -0.39 is 23.5 Å². The molecular weight excluding hydrogens is 426 g/mol. The van der Waals surface area contributed by atoms with Crippen LogP contribution in [-0.2, 0) is 24.5 Å². The number of hydrogen-bond donors (Lipinski definition) is 0. The number of methoxy groups -OCH3 is 2. The Kier molecular flexibility index (Phi) is 4.60. The van der Waals surface area contributed by atoms with Gasteiger partial charge in [0.1, 0.15) is 0 Å². The molecule has 2 atom stereocenters. The van der Waals surface area contributed by atoms with E-state index in [1.807, 2.05) is 56.3 Å². The van der Waals surface area contributed by atoms with Crippen molar-refractivity contribution in [3.63, 3.8) is 0 Å². The van der Waals surface area contributed by atoms with Crippen molar-refractivity contribution in [3.8, 4) is 0 Å². The van der Waals surface area contributed by atoms with E-state index in [1.165, 1.54) is 4.90 Å². The average molecular weight is 454 g/mol. The number of amides is 2. The summed E-state index contributed by atoms with van der Waals surface area (Å²) in [5.41, 5.74) is 5.89. The molecule has 7 rings (SSSR count). The smallest absolute Gasteiger partial charge is 0.239 e. The molecule has 5 heteroatoms. The predicted molar refractivity (Wildman–Crippen MR) is 129 cm³/mol. The van der Waals surface area contributed by atoms with E-state index in [-0.39, 0.29) is 17.7 Å². The minimum atomic E-state index is -0.935. The van der Waals surface area contributed by atoms with Crippen LogP contribution < -0.4 is 4.90 Å². The highest BCUT2D eigenvalue weighted by Gasteiger charge is 2.71. The van der Waals surface area contributed by atoms with E-state index in [2.05, 4.69) is 24.3 Å². The van der Waals surface area contributed by atoms with E-state index in [4.69, 9.17) is 9.47 Å². The molecule has 0 unspecified atom stereocenters. The second-order valence-electron chi connectivity index (χ2n) is 9.56. The standard InChI is InChI=1S/C29H27NO4/c1-16-10-9-15-22(17(16)2)30-26(31)24-23-18-11-5-7-13-20(18)29(25(24)27(30)32,28(33-3)34-4)21-14-8-6-12-19(21)23/h5-15,23-25,28H,1-4H3/t23?,24-,25-,29?/m0/s1. The monoisotopic (exact) mass is 453 g/mol. The molecule has 172 valence electrons. The molecule has 3 aromatic carbocycles. The molecule has 1 saturated heterocycles. The summed E-state index contributed by atoms with van der Waals surface area (Å²) in [7, 11) is 3.21. The van der Waals surface area contributed by atoms with Gasteiger partial charge in [-0.1, -0.05) is 60.7 Å². The van der Waals surface area contributed by atoms with Crippen LogP contribution in [-0.4, -0.2) is 32.3 Å². The fraction of sp³-hybridized carbons (Fsp3) is 0.310. The first-order chi connectivity index (χ1) is 16.5. The highest BCUT2D eigenvalue weighted by atomic mass is 16.7. The molecule has 1 aliphatic heterocycles. The van der Waals surface area contributed by atoms with Gasteiger partial charge in [-0.3, -0.25) is 9.59 Å². The number of anilines is 1. The van der Waals surface area contributed by atoms with Crippen LogP contribution in [0.15, 0.2) is 66.7 Å². The van der Waals surface area contributed by atoms with Crippen molar-refractivity contribution in [2.75, 3.05) is 19.1 Å². The predicted octanol–water partition coefficient (Wildman–Crippen LogP) is 4.47. The Morgan fingerprint density at radius 1 is 0.794 bits per heavy atom. The van der Waals surface area contributed by atoms with Crippen LogP contribution in [0.3, 0.4) is 0 Å². The minimum Gasteiger partial charge on any atom is -0.355 e. The van der Waals surface area contributed by atoms with E-state index in [0.29, 0.717) is 5.69 Å². The molecule has 0 aromatic heterocycles. The van der Waals surface area contributed by atoms with Crippen LogP contribution >= 0.6 is 0 Å². The molecule has 2 amide bonds. The van der Waals surface area contributed by atoms with Crippen molar-refractivity contribution < 1.29 is 19.1 Å². The van der Waals surface area contributed by atoms with Gasteiger partial charge in [-0.25, -0.2) is 4.90 Å². The second kappa shape index (κ2) is 7.36. The Hall–Kier alpha value is -3.28. The maximum absolute atomic E-state index is 14.4. The van der Waals surface area contributed by atoms with Gasteiger partial charge in [-0.2, -0.15) is 0 Å². The Labute approximate surface area is 199 Å². The summed E-state index contributed by atoms with van der Waals surface area (Å²) in [5.74, 6) is -1.67. The van der Waals surface area contributed by atoms with Crippen LogP contribution in [0.4, 0.5) is 5.69 Å². The van der Waals surface area contributed by atoms with Crippen molar-refractivity contribution in [2.45, 2.75) is 31.5 Å². The lowest BCUT2D eigenvalue weighted by atomic mass is 9.47. The summed E-state index contributed by atoms with van der Waals surface area (Å²) in [6, 6.07) is 22.1. The summed E-state index contributed by atoms with van der Waals surface area (Å²) in [6.45, 7) is 3.97. The first kappa shape index (κ1) is 21.3. The van der Waals surface area contributed by atoms with Gasteiger partial charge in [0, 0.05) is 20.1 Å². The van der Waals surface area contributed by atoms with Crippen molar-refractivity contribution >= 4 is 17.5 Å². The van der Waals surface area contributed by atoms with Gasteiger partial charge in [-0.15, -0.1) is 0 Å². The van der Waals surface area contributed by atoms with E-state index in [9.17, 15) is 9.59 Å². The lowest BCUT2D eigenvalue weighted by molar-refractivity contribution is -0.168. The molecule has 2 bridgehead atoms. The molecule has 0 spiro atoms. The van der Waals surface area contributed by atoms with Crippen LogP contribution in [0.2, 0.25) is 0 Å². The summed E-state index contributed by atoms with van der Waals surface area (Å²) in [6.07, 6.45) is -0.737. The fourth-order valence-corrected chi connectivity index (χ4v) is 6.91. The lowest BCUT2D eigenvalue weighted by Crippen LogP contribution is -2.60. The molecule has 3 aromatic rings. The summed E-state index contributed by atoms with van der Waals surface area (Å²) >= 11 is 0. The Bertz CT molecular complexity index is 1290. The third-order valence-corrected chi connectivity index (χ3v) is 8.30. The lowest BCUT2D eigenvalue weighted by Gasteiger charge is -2.56. The summed E-state index contributed by atoms with van der Waals surface area (Å²) in [5, 5.41) is 0. The average Bonchev–Trinajstić information content (AvgIpc) is 3.13. The first-order valence-electron chi connectivity index (χ1n) is 11.7. The van der Waals surface area contributed by atoms with Gasteiger partial charge in [0.05, 0.1) is 22.9 Å². The van der Waals surface area contributed by atoms with Gasteiger partial charge in [0.25, 0.3) is 0 Å². The van der Waals surface area contributed by atoms with Gasteiger partial charge in [0.2, 0.25) is 11.8 Å².